The minimum Gasteiger partial charge on any atom is -0.492 e. The van der Waals surface area contributed by atoms with Crippen LogP contribution in [0, 0.1) is 6.92 Å². The van der Waals surface area contributed by atoms with Crippen molar-refractivity contribution in [2.45, 2.75) is 13.8 Å². The number of hydrogen-bond donors (Lipinski definition) is 0. The lowest BCUT2D eigenvalue weighted by Crippen LogP contribution is -2.42. The third-order valence-electron chi connectivity index (χ3n) is 5.25. The molecule has 0 aliphatic carbocycles. The standard InChI is InChI=1S/C26H23NO4/c1-4-31-23-15-9-11-18(24(23)30-3)16-21-19-12-6-7-13-20(19)25(28)27(26(21)29)22-14-8-5-10-17(22)2/h5-16H,4H2,1-3H3/b21-16-. The van der Waals surface area contributed by atoms with E-state index in [-0.39, 0.29) is 11.8 Å². The fourth-order valence-corrected chi connectivity index (χ4v) is 3.81. The molecule has 0 fully saturated rings. The highest BCUT2D eigenvalue weighted by Crippen LogP contribution is 2.38. The van der Waals surface area contributed by atoms with Crippen molar-refractivity contribution in [2.75, 3.05) is 18.6 Å². The lowest BCUT2D eigenvalue weighted by molar-refractivity contribution is -0.112. The van der Waals surface area contributed by atoms with Crippen molar-refractivity contribution in [3.8, 4) is 11.5 Å². The minimum atomic E-state index is -0.373. The van der Waals surface area contributed by atoms with E-state index in [0.29, 0.717) is 46.1 Å². The molecule has 5 nitrogen and oxygen atoms in total. The van der Waals surface area contributed by atoms with E-state index in [1.165, 1.54) is 4.90 Å². The molecule has 156 valence electrons. The molecule has 2 amide bonds. The van der Waals surface area contributed by atoms with Crippen molar-refractivity contribution >= 4 is 29.2 Å². The zero-order valence-corrected chi connectivity index (χ0v) is 17.7. The number of imide groups is 1. The maximum absolute atomic E-state index is 13.6. The summed E-state index contributed by atoms with van der Waals surface area (Å²) in [5.74, 6) is 0.438. The highest BCUT2D eigenvalue weighted by atomic mass is 16.5. The quantitative estimate of drug-likeness (QED) is 0.430. The lowest BCUT2D eigenvalue weighted by Gasteiger charge is -2.29. The number of para-hydroxylation sites is 2. The van der Waals surface area contributed by atoms with Gasteiger partial charge in [0.2, 0.25) is 0 Å². The largest absolute Gasteiger partial charge is 0.492 e. The number of fused-ring (bicyclic) bond motifs is 1. The number of aryl methyl sites for hydroxylation is 1. The number of benzene rings is 3. The molecule has 0 bridgehead atoms. The topological polar surface area (TPSA) is 55.8 Å². The van der Waals surface area contributed by atoms with Crippen LogP contribution in [0.2, 0.25) is 0 Å². The van der Waals surface area contributed by atoms with Crippen LogP contribution >= 0.6 is 0 Å². The van der Waals surface area contributed by atoms with Gasteiger partial charge in [0.15, 0.2) is 11.5 Å². The molecule has 5 heteroatoms. The monoisotopic (exact) mass is 413 g/mol. The first-order valence-corrected chi connectivity index (χ1v) is 10.1. The van der Waals surface area contributed by atoms with Gasteiger partial charge >= 0.3 is 0 Å². The third kappa shape index (κ3) is 3.59. The number of anilines is 1. The Morgan fingerprint density at radius 1 is 0.871 bits per heavy atom. The molecule has 0 spiro atoms. The summed E-state index contributed by atoms with van der Waals surface area (Å²) >= 11 is 0. The van der Waals surface area contributed by atoms with Crippen molar-refractivity contribution in [3.63, 3.8) is 0 Å². The number of carbonyl (C=O) groups excluding carboxylic acids is 2. The Kier molecular flexibility index (Phi) is 5.58. The Morgan fingerprint density at radius 2 is 1.58 bits per heavy atom. The molecule has 0 radical (unpaired) electrons. The second kappa shape index (κ2) is 8.48. The van der Waals surface area contributed by atoms with Crippen LogP contribution < -0.4 is 14.4 Å². The van der Waals surface area contributed by atoms with Gasteiger partial charge in [0, 0.05) is 16.7 Å². The van der Waals surface area contributed by atoms with E-state index in [9.17, 15) is 9.59 Å². The molecule has 0 atom stereocenters. The predicted molar refractivity (Wildman–Crippen MR) is 121 cm³/mol. The number of ether oxygens (including phenoxy) is 2. The first kappa shape index (κ1) is 20.4. The minimum absolute atomic E-state index is 0.331. The normalized spacial score (nSPS) is 14.5. The van der Waals surface area contributed by atoms with Crippen LogP contribution in [0.1, 0.15) is 34.0 Å². The summed E-state index contributed by atoms with van der Waals surface area (Å²) in [6.45, 7) is 4.28. The van der Waals surface area contributed by atoms with Crippen LogP contribution in [0.4, 0.5) is 5.69 Å². The van der Waals surface area contributed by atoms with Crippen molar-refractivity contribution in [1.29, 1.82) is 0 Å². The van der Waals surface area contributed by atoms with Gasteiger partial charge in [-0.2, -0.15) is 0 Å². The molecule has 0 saturated carbocycles. The molecule has 3 aromatic carbocycles. The van der Waals surface area contributed by atoms with Gasteiger partial charge in [-0.3, -0.25) is 9.59 Å². The second-order valence-electron chi connectivity index (χ2n) is 7.15. The highest BCUT2D eigenvalue weighted by molar-refractivity contribution is 6.43. The summed E-state index contributed by atoms with van der Waals surface area (Å²) in [6, 6.07) is 20.1. The number of amides is 2. The molecule has 4 rings (SSSR count). The third-order valence-corrected chi connectivity index (χ3v) is 5.25. The Balaban J connectivity index is 1.93. The van der Waals surface area contributed by atoms with E-state index in [0.717, 1.165) is 5.56 Å². The summed E-state index contributed by atoms with van der Waals surface area (Å²) in [6.07, 6.45) is 1.76. The van der Waals surface area contributed by atoms with Crippen molar-refractivity contribution in [1.82, 2.24) is 0 Å². The second-order valence-corrected chi connectivity index (χ2v) is 7.15. The zero-order valence-electron chi connectivity index (χ0n) is 17.7. The van der Waals surface area contributed by atoms with E-state index >= 15 is 0 Å². The van der Waals surface area contributed by atoms with Crippen LogP contribution in [0.5, 0.6) is 11.5 Å². The fourth-order valence-electron chi connectivity index (χ4n) is 3.81. The smallest absolute Gasteiger partial charge is 0.265 e. The number of carbonyl (C=O) groups is 2. The summed E-state index contributed by atoms with van der Waals surface area (Å²) in [5, 5.41) is 0. The molecule has 1 aliphatic heterocycles. The predicted octanol–water partition coefficient (Wildman–Crippen LogP) is 5.13. The number of nitrogens with zero attached hydrogens (tertiary/aromatic N) is 1. The first-order chi connectivity index (χ1) is 15.1. The van der Waals surface area contributed by atoms with Crippen LogP contribution in [0.15, 0.2) is 66.7 Å². The van der Waals surface area contributed by atoms with Crippen molar-refractivity contribution in [2.24, 2.45) is 0 Å². The van der Waals surface area contributed by atoms with Crippen molar-refractivity contribution < 1.29 is 19.1 Å². The molecule has 1 heterocycles. The van der Waals surface area contributed by atoms with Gasteiger partial charge in [-0.1, -0.05) is 48.5 Å². The van der Waals surface area contributed by atoms with Crippen LogP contribution in [-0.2, 0) is 4.79 Å². The molecule has 1 aliphatic rings. The van der Waals surface area contributed by atoms with Crippen LogP contribution in [0.25, 0.3) is 11.6 Å². The molecule has 3 aromatic rings. The molecule has 0 unspecified atom stereocenters. The van der Waals surface area contributed by atoms with Gasteiger partial charge < -0.3 is 9.47 Å². The average Bonchev–Trinajstić information content (AvgIpc) is 2.78. The lowest BCUT2D eigenvalue weighted by atomic mass is 9.91. The van der Waals surface area contributed by atoms with E-state index in [1.807, 2.05) is 56.3 Å². The van der Waals surface area contributed by atoms with E-state index in [4.69, 9.17) is 9.47 Å². The van der Waals surface area contributed by atoms with Gasteiger partial charge in [-0.15, -0.1) is 0 Å². The van der Waals surface area contributed by atoms with E-state index < -0.39 is 0 Å². The fraction of sp³-hybridized carbons (Fsp3) is 0.154. The van der Waals surface area contributed by atoms with E-state index in [2.05, 4.69) is 0 Å². The molecule has 0 saturated heterocycles. The van der Waals surface area contributed by atoms with Crippen LogP contribution in [-0.4, -0.2) is 25.5 Å². The molecule has 0 aromatic heterocycles. The average molecular weight is 413 g/mol. The summed E-state index contributed by atoms with van der Waals surface area (Å²) in [5.41, 5.74) is 3.63. The Bertz CT molecular complexity index is 1200. The molecular formula is C26H23NO4. The van der Waals surface area contributed by atoms with Gasteiger partial charge in [-0.05, 0) is 49.2 Å². The number of methoxy groups -OCH3 is 1. The summed E-state index contributed by atoms with van der Waals surface area (Å²) in [4.78, 5) is 28.2. The SMILES string of the molecule is CCOc1cccc(/C=C2\C(=O)N(c3ccccc3C)C(=O)c3ccccc32)c1OC. The molecular weight excluding hydrogens is 390 g/mol. The highest BCUT2D eigenvalue weighted by Gasteiger charge is 2.36. The molecule has 31 heavy (non-hydrogen) atoms. The van der Waals surface area contributed by atoms with E-state index in [1.54, 1.807) is 37.5 Å². The van der Waals surface area contributed by atoms with Gasteiger partial charge in [0.05, 0.1) is 19.4 Å². The maximum Gasteiger partial charge on any atom is 0.265 e. The number of hydrogen-bond acceptors (Lipinski definition) is 4. The number of rotatable bonds is 5. The van der Waals surface area contributed by atoms with Crippen molar-refractivity contribution in [3.05, 3.63) is 89.0 Å². The molecule has 0 N–H and O–H groups in total. The van der Waals surface area contributed by atoms with Gasteiger partial charge in [-0.25, -0.2) is 4.90 Å². The van der Waals surface area contributed by atoms with Gasteiger partial charge in [0.1, 0.15) is 0 Å². The Morgan fingerprint density at radius 3 is 2.29 bits per heavy atom. The zero-order chi connectivity index (χ0) is 22.0. The maximum atomic E-state index is 13.6. The Labute approximate surface area is 181 Å². The Hall–Kier alpha value is -3.86. The van der Waals surface area contributed by atoms with Crippen LogP contribution in [0.3, 0.4) is 0 Å². The first-order valence-electron chi connectivity index (χ1n) is 10.1. The summed E-state index contributed by atoms with van der Waals surface area (Å²) < 4.78 is 11.3. The summed E-state index contributed by atoms with van der Waals surface area (Å²) in [7, 11) is 1.57. The van der Waals surface area contributed by atoms with Gasteiger partial charge in [0.25, 0.3) is 11.8 Å².